The zero-order valence-corrected chi connectivity index (χ0v) is 16.8. The van der Waals surface area contributed by atoms with Gasteiger partial charge in [0.05, 0.1) is 0 Å². The fourth-order valence-electron chi connectivity index (χ4n) is 4.12. The molecule has 2 aliphatic rings. The largest absolute Gasteiger partial charge is 0.372 e. The summed E-state index contributed by atoms with van der Waals surface area (Å²) in [6.07, 6.45) is 2.69. The zero-order valence-electron chi connectivity index (χ0n) is 16.8. The Balaban J connectivity index is 1.78. The smallest absolute Gasteiger partial charge is 0.0384 e. The molecule has 0 aliphatic carbocycles. The van der Waals surface area contributed by atoms with Crippen LogP contribution in [0.25, 0.3) is 0 Å². The third kappa shape index (κ3) is 5.75. The van der Waals surface area contributed by atoms with Gasteiger partial charge in [-0.3, -0.25) is 4.90 Å². The predicted molar refractivity (Wildman–Crippen MR) is 104 cm³/mol. The van der Waals surface area contributed by atoms with Crippen LogP contribution in [0.3, 0.4) is 0 Å². The lowest BCUT2D eigenvalue weighted by molar-refractivity contribution is 0.0379. The van der Waals surface area contributed by atoms with Gasteiger partial charge in [-0.1, -0.05) is 20.4 Å². The molecular formula is C20H40N4. The van der Waals surface area contributed by atoms with Gasteiger partial charge >= 0.3 is 0 Å². The molecule has 4 heteroatoms. The van der Waals surface area contributed by atoms with Gasteiger partial charge in [0.15, 0.2) is 0 Å². The number of hydrogen-bond donors (Lipinski definition) is 0. The minimum absolute atomic E-state index is 0.622. The molecule has 2 atom stereocenters. The van der Waals surface area contributed by atoms with E-state index in [2.05, 4.69) is 60.9 Å². The molecule has 140 valence electrons. The molecule has 2 heterocycles. The van der Waals surface area contributed by atoms with Crippen molar-refractivity contribution in [3.05, 3.63) is 12.3 Å². The van der Waals surface area contributed by atoms with E-state index in [0.29, 0.717) is 12.1 Å². The van der Waals surface area contributed by atoms with Gasteiger partial charge in [0, 0.05) is 63.6 Å². The third-order valence-corrected chi connectivity index (χ3v) is 5.75. The van der Waals surface area contributed by atoms with Crippen LogP contribution >= 0.6 is 0 Å². The second-order valence-electron chi connectivity index (χ2n) is 8.52. The van der Waals surface area contributed by atoms with Crippen LogP contribution in [0, 0.1) is 5.92 Å². The van der Waals surface area contributed by atoms with Gasteiger partial charge < -0.3 is 14.7 Å². The van der Waals surface area contributed by atoms with E-state index in [1.807, 2.05) is 0 Å². The number of nitrogens with zero attached hydrogens (tertiary/aromatic N) is 4. The van der Waals surface area contributed by atoms with Crippen molar-refractivity contribution < 1.29 is 0 Å². The third-order valence-electron chi connectivity index (χ3n) is 5.75. The average molecular weight is 337 g/mol. The first-order valence-electron chi connectivity index (χ1n) is 9.96. The summed E-state index contributed by atoms with van der Waals surface area (Å²) in [6, 6.07) is 1.24. The monoisotopic (exact) mass is 336 g/mol. The Hall–Kier alpha value is -0.580. The maximum atomic E-state index is 4.41. The minimum atomic E-state index is 0.622. The van der Waals surface area contributed by atoms with Crippen molar-refractivity contribution in [3.8, 4) is 0 Å². The molecule has 24 heavy (non-hydrogen) atoms. The SMILES string of the molecule is C=C(CN1C(C)CN(CCCC(C)C)CC1C)N1CCN(C)CC1. The normalized spacial score (nSPS) is 27.8. The van der Waals surface area contributed by atoms with E-state index in [-0.39, 0.29) is 0 Å². The summed E-state index contributed by atoms with van der Waals surface area (Å²) in [5.41, 5.74) is 1.31. The number of piperazine rings is 2. The Labute approximate surface area is 150 Å². The first-order chi connectivity index (χ1) is 11.4. The zero-order chi connectivity index (χ0) is 17.7. The Morgan fingerprint density at radius 2 is 1.62 bits per heavy atom. The summed E-state index contributed by atoms with van der Waals surface area (Å²) in [6.45, 7) is 23.1. The van der Waals surface area contributed by atoms with Crippen molar-refractivity contribution in [2.24, 2.45) is 5.92 Å². The van der Waals surface area contributed by atoms with Crippen molar-refractivity contribution in [1.29, 1.82) is 0 Å². The standard InChI is InChI=1S/C20H40N4/c1-17(2)8-7-9-22-14-19(4)24(20(5)15-22)16-18(3)23-12-10-21(6)11-13-23/h17,19-20H,3,7-16H2,1-2,4-6H3. The lowest BCUT2D eigenvalue weighted by atomic mass is 10.0. The highest BCUT2D eigenvalue weighted by Crippen LogP contribution is 2.19. The van der Waals surface area contributed by atoms with E-state index in [1.54, 1.807) is 0 Å². The second kappa shape index (κ2) is 9.21. The summed E-state index contributed by atoms with van der Waals surface area (Å²) in [5.74, 6) is 0.827. The van der Waals surface area contributed by atoms with E-state index in [4.69, 9.17) is 0 Å². The number of likely N-dealkylation sites (N-methyl/N-ethyl adjacent to an activating group) is 1. The van der Waals surface area contributed by atoms with Crippen LogP contribution in [0.15, 0.2) is 12.3 Å². The van der Waals surface area contributed by atoms with Gasteiger partial charge in [-0.05, 0) is 46.2 Å². The Bertz CT molecular complexity index is 375. The number of hydrogen-bond acceptors (Lipinski definition) is 4. The van der Waals surface area contributed by atoms with Crippen LogP contribution in [0.1, 0.15) is 40.5 Å². The highest BCUT2D eigenvalue weighted by Gasteiger charge is 2.30. The van der Waals surface area contributed by atoms with E-state index in [1.165, 1.54) is 38.2 Å². The molecule has 0 saturated carbocycles. The summed E-state index contributed by atoms with van der Waals surface area (Å²) >= 11 is 0. The van der Waals surface area contributed by atoms with Gasteiger partial charge in [0.2, 0.25) is 0 Å². The fourth-order valence-corrected chi connectivity index (χ4v) is 4.12. The molecule has 4 nitrogen and oxygen atoms in total. The van der Waals surface area contributed by atoms with Crippen LogP contribution in [-0.2, 0) is 0 Å². The molecule has 0 aromatic carbocycles. The van der Waals surface area contributed by atoms with E-state index in [9.17, 15) is 0 Å². The quantitative estimate of drug-likeness (QED) is 0.708. The van der Waals surface area contributed by atoms with Crippen molar-refractivity contribution >= 4 is 0 Å². The molecule has 2 aliphatic heterocycles. The van der Waals surface area contributed by atoms with Gasteiger partial charge in [-0.15, -0.1) is 0 Å². The van der Waals surface area contributed by atoms with E-state index in [0.717, 1.165) is 38.6 Å². The highest BCUT2D eigenvalue weighted by atomic mass is 15.3. The highest BCUT2D eigenvalue weighted by molar-refractivity contribution is 5.01. The maximum absolute atomic E-state index is 4.41. The molecule has 2 saturated heterocycles. The Kier molecular flexibility index (Phi) is 7.58. The lowest BCUT2D eigenvalue weighted by Gasteiger charge is -2.46. The Morgan fingerprint density at radius 3 is 2.17 bits per heavy atom. The topological polar surface area (TPSA) is 13.0 Å². The van der Waals surface area contributed by atoms with Gasteiger partial charge in [-0.25, -0.2) is 0 Å². The van der Waals surface area contributed by atoms with Crippen LogP contribution in [-0.4, -0.2) is 91.1 Å². The molecule has 2 unspecified atom stereocenters. The molecule has 0 bridgehead atoms. The van der Waals surface area contributed by atoms with Crippen LogP contribution in [0.5, 0.6) is 0 Å². The fraction of sp³-hybridized carbons (Fsp3) is 0.900. The van der Waals surface area contributed by atoms with Crippen molar-refractivity contribution in [1.82, 2.24) is 19.6 Å². The van der Waals surface area contributed by atoms with E-state index >= 15 is 0 Å². The predicted octanol–water partition coefficient (Wildman–Crippen LogP) is 2.58. The molecule has 0 aromatic rings. The first kappa shape index (κ1) is 19.7. The Morgan fingerprint density at radius 1 is 1.04 bits per heavy atom. The molecule has 0 N–H and O–H groups in total. The minimum Gasteiger partial charge on any atom is -0.372 e. The molecule has 0 spiro atoms. The first-order valence-corrected chi connectivity index (χ1v) is 9.96. The molecule has 2 fully saturated rings. The van der Waals surface area contributed by atoms with Crippen molar-refractivity contribution in [2.75, 3.05) is 59.4 Å². The summed E-state index contributed by atoms with van der Waals surface area (Å²) in [7, 11) is 2.21. The molecule has 0 radical (unpaired) electrons. The van der Waals surface area contributed by atoms with Gasteiger partial charge in [0.25, 0.3) is 0 Å². The van der Waals surface area contributed by atoms with Gasteiger partial charge in [-0.2, -0.15) is 0 Å². The van der Waals surface area contributed by atoms with Crippen molar-refractivity contribution in [3.63, 3.8) is 0 Å². The molecule has 0 amide bonds. The maximum Gasteiger partial charge on any atom is 0.0384 e. The van der Waals surface area contributed by atoms with Crippen molar-refractivity contribution in [2.45, 2.75) is 52.6 Å². The summed E-state index contributed by atoms with van der Waals surface area (Å²) in [4.78, 5) is 10.2. The van der Waals surface area contributed by atoms with E-state index < -0.39 is 0 Å². The number of rotatable bonds is 7. The second-order valence-corrected chi connectivity index (χ2v) is 8.52. The summed E-state index contributed by atoms with van der Waals surface area (Å²) < 4.78 is 0. The van der Waals surface area contributed by atoms with Crippen LogP contribution < -0.4 is 0 Å². The van der Waals surface area contributed by atoms with Crippen LogP contribution in [0.4, 0.5) is 0 Å². The molecule has 2 rings (SSSR count). The molecular weight excluding hydrogens is 296 g/mol. The average Bonchev–Trinajstić information content (AvgIpc) is 2.51. The lowest BCUT2D eigenvalue weighted by Crippen LogP contribution is -2.58. The van der Waals surface area contributed by atoms with Gasteiger partial charge in [0.1, 0.15) is 0 Å². The van der Waals surface area contributed by atoms with Crippen LogP contribution in [0.2, 0.25) is 0 Å². The summed E-state index contributed by atoms with van der Waals surface area (Å²) in [5, 5.41) is 0. The molecule has 0 aromatic heterocycles.